The molecule has 1 heterocycles. The van der Waals surface area contributed by atoms with Gasteiger partial charge in [-0.2, -0.15) is 0 Å². The van der Waals surface area contributed by atoms with Gasteiger partial charge in [0.25, 0.3) is 0 Å². The molecule has 0 N–H and O–H groups in total. The number of aryl methyl sites for hydroxylation is 1. The third kappa shape index (κ3) is 4.78. The van der Waals surface area contributed by atoms with Crippen LogP contribution in [0.5, 0.6) is 5.75 Å². The van der Waals surface area contributed by atoms with Crippen molar-refractivity contribution in [1.82, 2.24) is 9.55 Å². The van der Waals surface area contributed by atoms with Gasteiger partial charge in [0.15, 0.2) is 0 Å². The number of aliphatic imine (C=N–C) groups is 1. The maximum atomic E-state index is 5.90. The lowest BCUT2D eigenvalue weighted by atomic mass is 10.2. The van der Waals surface area contributed by atoms with Gasteiger partial charge in [-0.25, -0.2) is 4.98 Å². The molecule has 0 bridgehead atoms. The number of allylic oxidation sites excluding steroid dienone is 3. The van der Waals surface area contributed by atoms with Crippen LogP contribution in [-0.2, 0) is 7.05 Å². The highest BCUT2D eigenvalue weighted by atomic mass is 16.5. The zero-order valence-corrected chi connectivity index (χ0v) is 14.4. The van der Waals surface area contributed by atoms with Crippen molar-refractivity contribution in [1.29, 1.82) is 0 Å². The fourth-order valence-electron chi connectivity index (χ4n) is 2.09. The van der Waals surface area contributed by atoms with E-state index in [1.54, 1.807) is 30.6 Å². The lowest BCUT2D eigenvalue weighted by Crippen LogP contribution is -1.95. The van der Waals surface area contributed by atoms with Crippen LogP contribution in [0.3, 0.4) is 0 Å². The summed E-state index contributed by atoms with van der Waals surface area (Å²) in [7, 11) is 1.95. The summed E-state index contributed by atoms with van der Waals surface area (Å²) in [6.07, 6.45) is 10.2. The van der Waals surface area contributed by atoms with E-state index in [1.807, 2.05) is 42.1 Å². The highest BCUT2D eigenvalue weighted by Gasteiger charge is 2.06. The predicted octanol–water partition coefficient (Wildman–Crippen LogP) is 4.86. The highest BCUT2D eigenvalue weighted by molar-refractivity contribution is 5.72. The van der Waals surface area contributed by atoms with Crippen molar-refractivity contribution in [3.8, 4) is 17.1 Å². The second kappa shape index (κ2) is 8.45. The second-order valence-corrected chi connectivity index (χ2v) is 5.23. The molecule has 1 aromatic heterocycles. The average molecular weight is 331 g/mol. The van der Waals surface area contributed by atoms with Crippen LogP contribution in [0, 0.1) is 0 Å². The predicted molar refractivity (Wildman–Crippen MR) is 105 cm³/mol. The van der Waals surface area contributed by atoms with E-state index in [1.165, 1.54) is 0 Å². The summed E-state index contributed by atoms with van der Waals surface area (Å²) in [5, 5.41) is 0. The Labute approximate surface area is 148 Å². The summed E-state index contributed by atoms with van der Waals surface area (Å²) < 4.78 is 7.85. The van der Waals surface area contributed by atoms with Gasteiger partial charge in [0.05, 0.1) is 5.70 Å². The smallest absolute Gasteiger partial charge is 0.139 e. The molecule has 0 fully saturated rings. The standard InChI is InChI=1S/C21H21N3O/c1-6-11-22-17(4)16(3)14-19(7-2)25-20-10-8-9-18(15-20)21-23-12-13-24(21)5/h6-15H,1-4H2,5H3/b19-14+,22-11?. The zero-order chi connectivity index (χ0) is 18.2. The van der Waals surface area contributed by atoms with Gasteiger partial charge < -0.3 is 9.30 Å². The lowest BCUT2D eigenvalue weighted by molar-refractivity contribution is 0.444. The molecule has 25 heavy (non-hydrogen) atoms. The number of ether oxygens (including phenoxy) is 1. The van der Waals surface area contributed by atoms with Crippen molar-refractivity contribution < 1.29 is 4.74 Å². The Morgan fingerprint density at radius 2 is 2.08 bits per heavy atom. The molecule has 1 aromatic carbocycles. The van der Waals surface area contributed by atoms with E-state index in [0.717, 1.165) is 11.4 Å². The van der Waals surface area contributed by atoms with Crippen molar-refractivity contribution in [3.63, 3.8) is 0 Å². The lowest BCUT2D eigenvalue weighted by Gasteiger charge is -2.09. The summed E-state index contributed by atoms with van der Waals surface area (Å²) in [5.41, 5.74) is 2.13. The topological polar surface area (TPSA) is 39.4 Å². The van der Waals surface area contributed by atoms with Crippen LogP contribution in [0.15, 0.2) is 103 Å². The maximum Gasteiger partial charge on any atom is 0.139 e. The minimum Gasteiger partial charge on any atom is -0.457 e. The molecule has 0 radical (unpaired) electrons. The Balaban J connectivity index is 2.20. The van der Waals surface area contributed by atoms with Crippen LogP contribution in [0.1, 0.15) is 0 Å². The van der Waals surface area contributed by atoms with Gasteiger partial charge in [-0.05, 0) is 29.9 Å². The summed E-state index contributed by atoms with van der Waals surface area (Å²) in [6.45, 7) is 15.2. The van der Waals surface area contributed by atoms with E-state index in [4.69, 9.17) is 4.74 Å². The summed E-state index contributed by atoms with van der Waals surface area (Å²) in [4.78, 5) is 8.46. The summed E-state index contributed by atoms with van der Waals surface area (Å²) >= 11 is 0. The van der Waals surface area contributed by atoms with Crippen LogP contribution in [0.4, 0.5) is 0 Å². The van der Waals surface area contributed by atoms with E-state index in [0.29, 0.717) is 22.8 Å². The molecule has 0 aliphatic rings. The first kappa shape index (κ1) is 17.9. The van der Waals surface area contributed by atoms with Gasteiger partial charge in [0, 0.05) is 31.2 Å². The molecule has 2 aromatic rings. The maximum absolute atomic E-state index is 5.90. The van der Waals surface area contributed by atoms with Crippen molar-refractivity contribution in [2.75, 3.05) is 0 Å². The number of benzene rings is 1. The SMILES string of the molecule is C=CC=NC(=C)C(=C)/C=C(\C=C)Oc1cccc(-c2nccn2C)c1. The van der Waals surface area contributed by atoms with Gasteiger partial charge >= 0.3 is 0 Å². The number of imidazole rings is 1. The van der Waals surface area contributed by atoms with Crippen molar-refractivity contribution >= 4 is 6.21 Å². The first-order valence-electron chi connectivity index (χ1n) is 7.68. The van der Waals surface area contributed by atoms with E-state index in [-0.39, 0.29) is 0 Å². The molecular weight excluding hydrogens is 310 g/mol. The van der Waals surface area contributed by atoms with Gasteiger partial charge in [0.1, 0.15) is 17.3 Å². The minimum absolute atomic E-state index is 0.532. The largest absolute Gasteiger partial charge is 0.457 e. The number of nitrogens with zero attached hydrogens (tertiary/aromatic N) is 3. The molecule has 0 aliphatic heterocycles. The Morgan fingerprint density at radius 1 is 1.28 bits per heavy atom. The normalized spacial score (nSPS) is 11.3. The van der Waals surface area contributed by atoms with Crippen molar-refractivity contribution in [2.45, 2.75) is 0 Å². The minimum atomic E-state index is 0.532. The Kier molecular flexibility index (Phi) is 6.07. The first-order valence-corrected chi connectivity index (χ1v) is 7.68. The molecule has 0 spiro atoms. The fraction of sp³-hybridized carbons (Fsp3) is 0.0476. The fourth-order valence-corrected chi connectivity index (χ4v) is 2.09. The molecule has 4 heteroatoms. The molecule has 0 unspecified atom stereocenters. The third-order valence-electron chi connectivity index (χ3n) is 3.37. The van der Waals surface area contributed by atoms with Crippen LogP contribution in [-0.4, -0.2) is 15.8 Å². The van der Waals surface area contributed by atoms with Crippen molar-refractivity contribution in [2.24, 2.45) is 12.0 Å². The van der Waals surface area contributed by atoms with Gasteiger partial charge in [-0.15, -0.1) is 0 Å². The third-order valence-corrected chi connectivity index (χ3v) is 3.37. The summed E-state index contributed by atoms with van der Waals surface area (Å²) in [6, 6.07) is 7.70. The van der Waals surface area contributed by atoms with Gasteiger partial charge in [-0.3, -0.25) is 4.99 Å². The van der Waals surface area contributed by atoms with Gasteiger partial charge in [-0.1, -0.05) is 44.5 Å². The number of rotatable bonds is 8. The molecule has 4 nitrogen and oxygen atoms in total. The summed E-state index contributed by atoms with van der Waals surface area (Å²) in [5.74, 6) is 2.10. The van der Waals surface area contributed by atoms with Crippen LogP contribution in [0.2, 0.25) is 0 Å². The zero-order valence-electron chi connectivity index (χ0n) is 14.4. The van der Waals surface area contributed by atoms with Gasteiger partial charge in [0.2, 0.25) is 0 Å². The van der Waals surface area contributed by atoms with E-state index < -0.39 is 0 Å². The second-order valence-electron chi connectivity index (χ2n) is 5.23. The monoisotopic (exact) mass is 331 g/mol. The molecule has 0 aliphatic carbocycles. The van der Waals surface area contributed by atoms with Crippen LogP contribution < -0.4 is 4.74 Å². The van der Waals surface area contributed by atoms with Crippen LogP contribution in [0.25, 0.3) is 11.4 Å². The number of aromatic nitrogens is 2. The molecule has 0 saturated carbocycles. The van der Waals surface area contributed by atoms with Crippen molar-refractivity contribution in [3.05, 3.63) is 98.2 Å². The Hall–Kier alpha value is -3.40. The molecule has 0 saturated heterocycles. The molecule has 2 rings (SSSR count). The Bertz CT molecular complexity index is 869. The quantitative estimate of drug-likeness (QED) is 0.393. The highest BCUT2D eigenvalue weighted by Crippen LogP contribution is 2.24. The Morgan fingerprint density at radius 3 is 2.72 bits per heavy atom. The number of hydrogen-bond donors (Lipinski definition) is 0. The number of hydrogen-bond acceptors (Lipinski definition) is 3. The molecule has 0 atom stereocenters. The average Bonchev–Trinajstić information content (AvgIpc) is 3.05. The molecular formula is C21H21N3O. The van der Waals surface area contributed by atoms with E-state index >= 15 is 0 Å². The van der Waals surface area contributed by atoms with E-state index in [2.05, 4.69) is 36.3 Å². The van der Waals surface area contributed by atoms with E-state index in [9.17, 15) is 0 Å². The molecule has 126 valence electrons. The van der Waals surface area contributed by atoms with Crippen LogP contribution >= 0.6 is 0 Å². The first-order chi connectivity index (χ1) is 12.0. The molecule has 0 amide bonds.